The predicted octanol–water partition coefficient (Wildman–Crippen LogP) is 3.91. The van der Waals surface area contributed by atoms with Crippen molar-refractivity contribution in [2.75, 3.05) is 13.2 Å². The summed E-state index contributed by atoms with van der Waals surface area (Å²) in [4.78, 5) is 0. The molecule has 3 heteroatoms. The first-order valence-electron chi connectivity index (χ1n) is 6.56. The van der Waals surface area contributed by atoms with Crippen molar-refractivity contribution in [1.29, 1.82) is 0 Å². The van der Waals surface area contributed by atoms with Gasteiger partial charge < -0.3 is 10.1 Å². The SMILES string of the molecule is CC#CCOc1c(C)cc(Br)cc1CNCC(C)C. The molecule has 0 aliphatic carbocycles. The van der Waals surface area contributed by atoms with Crippen LogP contribution in [0.2, 0.25) is 0 Å². The molecule has 0 aliphatic rings. The number of rotatable bonds is 6. The lowest BCUT2D eigenvalue weighted by atomic mass is 10.1. The zero-order valence-corrected chi connectivity index (χ0v) is 13.7. The Hall–Kier alpha value is -0.980. The number of hydrogen-bond donors (Lipinski definition) is 1. The number of aryl methyl sites for hydroxylation is 1. The highest BCUT2D eigenvalue weighted by atomic mass is 79.9. The van der Waals surface area contributed by atoms with E-state index in [0.717, 1.165) is 28.9 Å². The Labute approximate surface area is 125 Å². The van der Waals surface area contributed by atoms with Gasteiger partial charge in [-0.15, -0.1) is 5.92 Å². The molecule has 0 aromatic heterocycles. The van der Waals surface area contributed by atoms with Crippen LogP contribution in [-0.2, 0) is 6.54 Å². The van der Waals surface area contributed by atoms with Crippen LogP contribution in [-0.4, -0.2) is 13.2 Å². The highest BCUT2D eigenvalue weighted by Crippen LogP contribution is 2.28. The zero-order valence-electron chi connectivity index (χ0n) is 12.1. The predicted molar refractivity (Wildman–Crippen MR) is 84.4 cm³/mol. The molecule has 0 spiro atoms. The van der Waals surface area contributed by atoms with Crippen LogP contribution in [0.5, 0.6) is 5.75 Å². The second-order valence-corrected chi connectivity index (χ2v) is 5.87. The maximum absolute atomic E-state index is 5.79. The molecule has 0 bridgehead atoms. The van der Waals surface area contributed by atoms with E-state index in [4.69, 9.17) is 4.74 Å². The van der Waals surface area contributed by atoms with E-state index in [-0.39, 0.29) is 0 Å². The van der Waals surface area contributed by atoms with Crippen molar-refractivity contribution in [2.45, 2.75) is 34.2 Å². The summed E-state index contributed by atoms with van der Waals surface area (Å²) in [5, 5.41) is 3.45. The van der Waals surface area contributed by atoms with Crippen molar-refractivity contribution in [2.24, 2.45) is 5.92 Å². The molecule has 19 heavy (non-hydrogen) atoms. The number of hydrogen-bond acceptors (Lipinski definition) is 2. The molecule has 0 unspecified atom stereocenters. The fraction of sp³-hybridized carbons (Fsp3) is 0.500. The zero-order chi connectivity index (χ0) is 14.3. The van der Waals surface area contributed by atoms with E-state index < -0.39 is 0 Å². The molecule has 0 amide bonds. The van der Waals surface area contributed by atoms with Crippen LogP contribution in [0.3, 0.4) is 0 Å². The monoisotopic (exact) mass is 323 g/mol. The van der Waals surface area contributed by atoms with E-state index in [1.54, 1.807) is 0 Å². The second-order valence-electron chi connectivity index (χ2n) is 4.95. The van der Waals surface area contributed by atoms with E-state index in [1.807, 2.05) is 6.92 Å². The van der Waals surface area contributed by atoms with Gasteiger partial charge in [-0.25, -0.2) is 0 Å². The Morgan fingerprint density at radius 2 is 2.11 bits per heavy atom. The third kappa shape index (κ3) is 5.67. The molecule has 104 valence electrons. The van der Waals surface area contributed by atoms with Crippen LogP contribution in [0.4, 0.5) is 0 Å². The lowest BCUT2D eigenvalue weighted by Gasteiger charge is -2.15. The van der Waals surface area contributed by atoms with Crippen LogP contribution < -0.4 is 10.1 Å². The maximum Gasteiger partial charge on any atom is 0.149 e. The molecule has 0 fully saturated rings. The molecule has 0 aliphatic heterocycles. The Morgan fingerprint density at radius 1 is 1.37 bits per heavy atom. The third-order valence-electron chi connectivity index (χ3n) is 2.65. The number of halogens is 1. The first kappa shape index (κ1) is 16.1. The van der Waals surface area contributed by atoms with Gasteiger partial charge in [-0.2, -0.15) is 0 Å². The second kappa shape index (κ2) is 8.24. The van der Waals surface area contributed by atoms with Gasteiger partial charge in [0.1, 0.15) is 12.4 Å². The fourth-order valence-electron chi connectivity index (χ4n) is 1.81. The quantitative estimate of drug-likeness (QED) is 0.801. The van der Waals surface area contributed by atoms with E-state index >= 15 is 0 Å². The van der Waals surface area contributed by atoms with Crippen LogP contribution >= 0.6 is 15.9 Å². The lowest BCUT2D eigenvalue weighted by molar-refractivity contribution is 0.361. The summed E-state index contributed by atoms with van der Waals surface area (Å²) in [6.07, 6.45) is 0. The van der Waals surface area contributed by atoms with Gasteiger partial charge in [-0.1, -0.05) is 35.7 Å². The van der Waals surface area contributed by atoms with E-state index in [9.17, 15) is 0 Å². The van der Waals surface area contributed by atoms with Crippen molar-refractivity contribution in [3.05, 3.63) is 27.7 Å². The number of benzene rings is 1. The first-order valence-corrected chi connectivity index (χ1v) is 7.36. The lowest BCUT2D eigenvalue weighted by Crippen LogP contribution is -2.19. The maximum atomic E-state index is 5.79. The molecule has 2 nitrogen and oxygen atoms in total. The molecule has 1 aromatic carbocycles. The smallest absolute Gasteiger partial charge is 0.149 e. The molecule has 1 aromatic rings. The Kier molecular flexibility index (Phi) is 6.97. The largest absolute Gasteiger partial charge is 0.480 e. The summed E-state index contributed by atoms with van der Waals surface area (Å²) in [6, 6.07) is 4.18. The van der Waals surface area contributed by atoms with Gasteiger partial charge in [0, 0.05) is 16.6 Å². The molecule has 0 atom stereocenters. The molecular weight excluding hydrogens is 302 g/mol. The normalized spacial score (nSPS) is 10.2. The molecule has 0 heterocycles. The fourth-order valence-corrected chi connectivity index (χ4v) is 2.43. The Bertz CT molecular complexity index is 472. The molecule has 1 rings (SSSR count). The summed E-state index contributed by atoms with van der Waals surface area (Å²) in [7, 11) is 0. The molecule has 1 N–H and O–H groups in total. The minimum Gasteiger partial charge on any atom is -0.480 e. The molecule has 0 saturated carbocycles. The minimum atomic E-state index is 0.441. The summed E-state index contributed by atoms with van der Waals surface area (Å²) < 4.78 is 6.87. The van der Waals surface area contributed by atoms with E-state index in [2.05, 4.69) is 66.0 Å². The number of nitrogens with one attached hydrogen (secondary N) is 1. The van der Waals surface area contributed by atoms with Gasteiger partial charge in [0.25, 0.3) is 0 Å². The van der Waals surface area contributed by atoms with Crippen LogP contribution in [0.25, 0.3) is 0 Å². The summed E-state index contributed by atoms with van der Waals surface area (Å²) in [6.45, 7) is 10.5. The van der Waals surface area contributed by atoms with Crippen LogP contribution in [0.1, 0.15) is 31.9 Å². The van der Waals surface area contributed by atoms with Crippen molar-refractivity contribution < 1.29 is 4.74 Å². The van der Waals surface area contributed by atoms with Crippen molar-refractivity contribution >= 4 is 15.9 Å². The van der Waals surface area contributed by atoms with Gasteiger partial charge in [0.2, 0.25) is 0 Å². The van der Waals surface area contributed by atoms with E-state index in [0.29, 0.717) is 12.5 Å². The molecule has 0 radical (unpaired) electrons. The Balaban J connectivity index is 2.82. The summed E-state index contributed by atoms with van der Waals surface area (Å²) in [5.41, 5.74) is 2.30. The first-order chi connectivity index (χ1) is 9.04. The van der Waals surface area contributed by atoms with Crippen molar-refractivity contribution in [3.63, 3.8) is 0 Å². The summed E-state index contributed by atoms with van der Waals surface area (Å²) in [5.74, 6) is 7.37. The third-order valence-corrected chi connectivity index (χ3v) is 3.11. The van der Waals surface area contributed by atoms with Gasteiger partial charge in [0.15, 0.2) is 0 Å². The number of ether oxygens (including phenoxy) is 1. The molecule has 0 saturated heterocycles. The molecular formula is C16H22BrNO. The topological polar surface area (TPSA) is 21.3 Å². The van der Waals surface area contributed by atoms with Gasteiger partial charge in [-0.3, -0.25) is 0 Å². The van der Waals surface area contributed by atoms with Gasteiger partial charge in [-0.05, 0) is 44.0 Å². The minimum absolute atomic E-state index is 0.441. The summed E-state index contributed by atoms with van der Waals surface area (Å²) >= 11 is 3.54. The average molecular weight is 324 g/mol. The van der Waals surface area contributed by atoms with Crippen molar-refractivity contribution in [1.82, 2.24) is 5.32 Å². The van der Waals surface area contributed by atoms with Gasteiger partial charge >= 0.3 is 0 Å². The van der Waals surface area contributed by atoms with Crippen LogP contribution in [0.15, 0.2) is 16.6 Å². The highest BCUT2D eigenvalue weighted by molar-refractivity contribution is 9.10. The van der Waals surface area contributed by atoms with E-state index in [1.165, 1.54) is 5.56 Å². The Morgan fingerprint density at radius 3 is 2.74 bits per heavy atom. The average Bonchev–Trinajstić information content (AvgIpc) is 2.32. The van der Waals surface area contributed by atoms with Crippen molar-refractivity contribution in [3.8, 4) is 17.6 Å². The highest BCUT2D eigenvalue weighted by Gasteiger charge is 2.09. The standard InChI is InChI=1S/C16H22BrNO/c1-5-6-7-19-16-13(4)8-15(17)9-14(16)11-18-10-12(2)3/h8-9,12,18H,7,10-11H2,1-4H3. The van der Waals surface area contributed by atoms with Crippen LogP contribution in [0, 0.1) is 24.7 Å². The van der Waals surface area contributed by atoms with Gasteiger partial charge in [0.05, 0.1) is 0 Å².